The van der Waals surface area contributed by atoms with Crippen LogP contribution in [0.3, 0.4) is 0 Å². The molecular weight excluding hydrogens is 136 g/mol. The van der Waals surface area contributed by atoms with Crippen LogP contribution in [-0.4, -0.2) is 11.2 Å². The molecule has 0 radical (unpaired) electrons. The summed E-state index contributed by atoms with van der Waals surface area (Å²) in [7, 11) is 0. The Balaban J connectivity index is 3.68. The molecule has 0 aliphatic carbocycles. The van der Waals surface area contributed by atoms with Crippen LogP contribution in [0.1, 0.15) is 19.8 Å². The van der Waals surface area contributed by atoms with E-state index >= 15 is 0 Å². The monoisotopic (exact) mass is 152 g/mol. The number of hydrogen-bond donors (Lipinski definition) is 1. The first-order valence-corrected chi connectivity index (χ1v) is 3.85. The number of aliphatic hydroxyl groups excluding tert-OH is 1. The van der Waals surface area contributed by atoms with Gasteiger partial charge >= 0.3 is 0 Å². The third-order valence-corrected chi connectivity index (χ3v) is 1.35. The zero-order valence-corrected chi connectivity index (χ0v) is 7.09. The maximum Gasteiger partial charge on any atom is 0.0761 e. The maximum absolute atomic E-state index is 9.29. The molecule has 0 rings (SSSR count). The molecule has 0 saturated carbocycles. The van der Waals surface area contributed by atoms with Crippen LogP contribution in [0, 0.1) is 0 Å². The largest absolute Gasteiger partial charge is 0.389 e. The summed E-state index contributed by atoms with van der Waals surface area (Å²) in [4.78, 5) is 0. The molecule has 0 bridgehead atoms. The van der Waals surface area contributed by atoms with Gasteiger partial charge in [-0.3, -0.25) is 0 Å². The summed E-state index contributed by atoms with van der Waals surface area (Å²) >= 11 is 0. The summed E-state index contributed by atoms with van der Waals surface area (Å²) in [6, 6.07) is 0. The fourth-order valence-electron chi connectivity index (χ4n) is 0.713. The van der Waals surface area contributed by atoms with Gasteiger partial charge in [0.15, 0.2) is 0 Å². The van der Waals surface area contributed by atoms with E-state index in [1.54, 1.807) is 12.2 Å². The van der Waals surface area contributed by atoms with Crippen LogP contribution in [0.2, 0.25) is 0 Å². The van der Waals surface area contributed by atoms with Gasteiger partial charge in [-0.25, -0.2) is 0 Å². The van der Waals surface area contributed by atoms with Gasteiger partial charge in [0.25, 0.3) is 0 Å². The normalized spacial score (nSPS) is 13.3. The van der Waals surface area contributed by atoms with Crippen molar-refractivity contribution in [2.45, 2.75) is 25.9 Å². The molecule has 0 aromatic rings. The standard InChI is InChI=1S/C10H16O/c1-4-6-7-10(11)8-9(3)5-2/h5-7,10-11H,2-4,8H2,1H3. The highest BCUT2D eigenvalue weighted by molar-refractivity contribution is 5.13. The lowest BCUT2D eigenvalue weighted by Crippen LogP contribution is -2.01. The molecule has 0 aromatic heterocycles. The molecule has 0 aliphatic heterocycles. The minimum atomic E-state index is -0.402. The summed E-state index contributed by atoms with van der Waals surface area (Å²) < 4.78 is 0. The molecule has 0 aliphatic rings. The Morgan fingerprint density at radius 2 is 2.27 bits per heavy atom. The van der Waals surface area contributed by atoms with Crippen molar-refractivity contribution in [2.24, 2.45) is 0 Å². The predicted octanol–water partition coefficient (Wildman–Crippen LogP) is 2.45. The Kier molecular flexibility index (Phi) is 5.49. The summed E-state index contributed by atoms with van der Waals surface area (Å²) in [6.07, 6.45) is 6.54. The van der Waals surface area contributed by atoms with Crippen molar-refractivity contribution in [1.82, 2.24) is 0 Å². The van der Waals surface area contributed by atoms with Crippen LogP contribution < -0.4 is 0 Å². The van der Waals surface area contributed by atoms with E-state index in [0.717, 1.165) is 12.0 Å². The van der Waals surface area contributed by atoms with Crippen molar-refractivity contribution in [2.75, 3.05) is 0 Å². The van der Waals surface area contributed by atoms with Gasteiger partial charge in [0.05, 0.1) is 6.10 Å². The van der Waals surface area contributed by atoms with Gasteiger partial charge in [-0.2, -0.15) is 0 Å². The zero-order chi connectivity index (χ0) is 8.69. The summed E-state index contributed by atoms with van der Waals surface area (Å²) in [5.41, 5.74) is 0.873. The molecule has 0 fully saturated rings. The number of aliphatic hydroxyl groups is 1. The molecule has 0 amide bonds. The van der Waals surface area contributed by atoms with Crippen LogP contribution in [0.5, 0.6) is 0 Å². The second-order valence-electron chi connectivity index (χ2n) is 2.47. The molecule has 0 heterocycles. The van der Waals surface area contributed by atoms with Gasteiger partial charge in [0.2, 0.25) is 0 Å². The fraction of sp³-hybridized carbons (Fsp3) is 0.400. The number of hydrogen-bond acceptors (Lipinski definition) is 1. The number of rotatable bonds is 5. The summed E-state index contributed by atoms with van der Waals surface area (Å²) in [5.74, 6) is 0. The van der Waals surface area contributed by atoms with E-state index in [4.69, 9.17) is 0 Å². The summed E-state index contributed by atoms with van der Waals surface area (Å²) in [6.45, 7) is 9.30. The van der Waals surface area contributed by atoms with E-state index in [2.05, 4.69) is 13.2 Å². The Hall–Kier alpha value is -0.820. The van der Waals surface area contributed by atoms with Gasteiger partial charge in [0.1, 0.15) is 0 Å². The third-order valence-electron chi connectivity index (χ3n) is 1.35. The summed E-state index contributed by atoms with van der Waals surface area (Å²) in [5, 5.41) is 9.29. The Labute approximate surface area is 68.7 Å². The molecule has 1 nitrogen and oxygen atoms in total. The minimum Gasteiger partial charge on any atom is -0.389 e. The Bertz CT molecular complexity index is 156. The molecule has 11 heavy (non-hydrogen) atoms. The molecule has 1 N–H and O–H groups in total. The van der Waals surface area contributed by atoms with Crippen molar-refractivity contribution in [3.8, 4) is 0 Å². The molecular formula is C10H16O. The smallest absolute Gasteiger partial charge is 0.0761 e. The van der Waals surface area contributed by atoms with E-state index in [1.807, 2.05) is 13.0 Å². The highest BCUT2D eigenvalue weighted by Gasteiger charge is 1.97. The molecule has 1 atom stereocenters. The topological polar surface area (TPSA) is 20.2 Å². The van der Waals surface area contributed by atoms with Crippen molar-refractivity contribution in [3.63, 3.8) is 0 Å². The van der Waals surface area contributed by atoms with Crippen molar-refractivity contribution < 1.29 is 5.11 Å². The quantitative estimate of drug-likeness (QED) is 0.474. The van der Waals surface area contributed by atoms with Crippen LogP contribution in [-0.2, 0) is 0 Å². The lowest BCUT2D eigenvalue weighted by Gasteiger charge is -2.03. The van der Waals surface area contributed by atoms with E-state index in [1.165, 1.54) is 0 Å². The first-order valence-electron chi connectivity index (χ1n) is 3.85. The maximum atomic E-state index is 9.29. The SMILES string of the molecule is C=CC(=C)CC(O)C=CCC. The van der Waals surface area contributed by atoms with Crippen LogP contribution in [0.4, 0.5) is 0 Å². The number of allylic oxidation sites excluding steroid dienone is 2. The van der Waals surface area contributed by atoms with E-state index in [0.29, 0.717) is 6.42 Å². The van der Waals surface area contributed by atoms with Gasteiger partial charge in [0, 0.05) is 6.42 Å². The molecule has 62 valence electrons. The fourth-order valence-corrected chi connectivity index (χ4v) is 0.713. The average Bonchev–Trinajstić information content (AvgIpc) is 2.00. The van der Waals surface area contributed by atoms with Crippen LogP contribution in [0.15, 0.2) is 37.0 Å². The van der Waals surface area contributed by atoms with Crippen molar-refractivity contribution in [3.05, 3.63) is 37.0 Å². The first kappa shape index (κ1) is 10.2. The third kappa shape index (κ3) is 5.62. The molecule has 1 heteroatoms. The van der Waals surface area contributed by atoms with E-state index in [9.17, 15) is 5.11 Å². The zero-order valence-electron chi connectivity index (χ0n) is 7.09. The molecule has 0 saturated heterocycles. The Morgan fingerprint density at radius 3 is 2.73 bits per heavy atom. The first-order chi connectivity index (χ1) is 5.20. The predicted molar refractivity (Wildman–Crippen MR) is 49.4 cm³/mol. The molecule has 0 aromatic carbocycles. The van der Waals surface area contributed by atoms with Crippen LogP contribution >= 0.6 is 0 Å². The van der Waals surface area contributed by atoms with Gasteiger partial charge in [-0.05, 0) is 6.42 Å². The minimum absolute atomic E-state index is 0.402. The lowest BCUT2D eigenvalue weighted by molar-refractivity contribution is 0.224. The van der Waals surface area contributed by atoms with Gasteiger partial charge < -0.3 is 5.11 Å². The molecule has 0 spiro atoms. The van der Waals surface area contributed by atoms with Gasteiger partial charge in [-0.15, -0.1) is 0 Å². The second kappa shape index (κ2) is 5.93. The van der Waals surface area contributed by atoms with Crippen molar-refractivity contribution in [1.29, 1.82) is 0 Å². The second-order valence-corrected chi connectivity index (χ2v) is 2.47. The van der Waals surface area contributed by atoms with Crippen molar-refractivity contribution >= 4 is 0 Å². The highest BCUT2D eigenvalue weighted by Crippen LogP contribution is 2.04. The van der Waals surface area contributed by atoms with E-state index in [-0.39, 0.29) is 0 Å². The average molecular weight is 152 g/mol. The Morgan fingerprint density at radius 1 is 1.64 bits per heavy atom. The highest BCUT2D eigenvalue weighted by atomic mass is 16.3. The van der Waals surface area contributed by atoms with E-state index < -0.39 is 6.10 Å². The van der Waals surface area contributed by atoms with Gasteiger partial charge in [-0.1, -0.05) is 43.9 Å². The lowest BCUT2D eigenvalue weighted by atomic mass is 10.1. The molecule has 1 unspecified atom stereocenters. The van der Waals surface area contributed by atoms with Crippen LogP contribution in [0.25, 0.3) is 0 Å².